The van der Waals surface area contributed by atoms with Gasteiger partial charge in [-0.05, 0) is 35.7 Å². The Balaban J connectivity index is 2.25. The van der Waals surface area contributed by atoms with Gasteiger partial charge in [0.1, 0.15) is 5.75 Å². The van der Waals surface area contributed by atoms with Crippen LogP contribution in [0.4, 0.5) is 0 Å². The zero-order chi connectivity index (χ0) is 18.7. The molecule has 6 nitrogen and oxygen atoms in total. The first-order chi connectivity index (χ1) is 12.6. The van der Waals surface area contributed by atoms with Gasteiger partial charge in [0.05, 0.1) is 25.3 Å². The lowest BCUT2D eigenvalue weighted by molar-refractivity contribution is 0.0515. The molecule has 0 saturated carbocycles. The predicted molar refractivity (Wildman–Crippen MR) is 100 cm³/mol. The monoisotopic (exact) mass is 355 g/mol. The topological polar surface area (TPSA) is 58.9 Å². The number of aromatic nitrogens is 1. The van der Waals surface area contributed by atoms with E-state index in [-0.39, 0.29) is 12.4 Å². The third-order valence-corrected chi connectivity index (χ3v) is 4.24. The van der Waals surface area contributed by atoms with Crippen molar-refractivity contribution in [1.82, 2.24) is 4.57 Å². The van der Waals surface area contributed by atoms with Gasteiger partial charge >= 0.3 is 0 Å². The highest BCUT2D eigenvalue weighted by Gasteiger charge is 2.15. The molecule has 0 saturated heterocycles. The van der Waals surface area contributed by atoms with Crippen molar-refractivity contribution < 1.29 is 18.9 Å². The first-order valence-electron chi connectivity index (χ1n) is 8.07. The van der Waals surface area contributed by atoms with Gasteiger partial charge in [0.25, 0.3) is 5.56 Å². The lowest BCUT2D eigenvalue weighted by Crippen LogP contribution is -2.19. The summed E-state index contributed by atoms with van der Waals surface area (Å²) in [7, 11) is 6.42. The molecule has 0 bridgehead atoms. The minimum absolute atomic E-state index is 0.125. The van der Waals surface area contributed by atoms with Crippen LogP contribution in [-0.4, -0.2) is 32.7 Å². The van der Waals surface area contributed by atoms with Crippen LogP contribution in [0.5, 0.6) is 17.2 Å². The number of methoxy groups -OCH3 is 3. The van der Waals surface area contributed by atoms with Crippen LogP contribution in [0.3, 0.4) is 0 Å². The fourth-order valence-corrected chi connectivity index (χ4v) is 2.92. The van der Waals surface area contributed by atoms with Crippen LogP contribution in [0.2, 0.25) is 0 Å². The smallest absolute Gasteiger partial charge is 0.258 e. The summed E-state index contributed by atoms with van der Waals surface area (Å²) in [5.74, 6) is 1.74. The molecule has 0 amide bonds. The van der Waals surface area contributed by atoms with E-state index in [1.165, 1.54) is 0 Å². The van der Waals surface area contributed by atoms with Crippen LogP contribution in [-0.2, 0) is 11.8 Å². The summed E-state index contributed by atoms with van der Waals surface area (Å²) in [5, 5.41) is 1.33. The van der Waals surface area contributed by atoms with Crippen LogP contribution < -0.4 is 19.8 Å². The minimum atomic E-state index is -0.125. The van der Waals surface area contributed by atoms with Crippen molar-refractivity contribution in [1.29, 1.82) is 0 Å². The molecule has 0 fully saturated rings. The highest BCUT2D eigenvalue weighted by atomic mass is 16.7. The molecule has 0 spiro atoms. The van der Waals surface area contributed by atoms with Crippen LogP contribution >= 0.6 is 0 Å². The molecular formula is C20H21NO5. The van der Waals surface area contributed by atoms with Gasteiger partial charge in [-0.1, -0.05) is 12.1 Å². The third kappa shape index (κ3) is 3.11. The van der Waals surface area contributed by atoms with Crippen molar-refractivity contribution in [2.45, 2.75) is 0 Å². The second kappa shape index (κ2) is 7.49. The molecule has 3 aromatic rings. The van der Waals surface area contributed by atoms with E-state index in [4.69, 9.17) is 18.9 Å². The Morgan fingerprint density at radius 1 is 0.923 bits per heavy atom. The maximum absolute atomic E-state index is 12.9. The van der Waals surface area contributed by atoms with Gasteiger partial charge in [0.15, 0.2) is 18.3 Å². The lowest BCUT2D eigenvalue weighted by atomic mass is 10.0. The predicted octanol–water partition coefficient (Wildman–Crippen LogP) is 3.21. The Morgan fingerprint density at radius 3 is 2.31 bits per heavy atom. The number of hydrogen-bond donors (Lipinski definition) is 0. The highest BCUT2D eigenvalue weighted by molar-refractivity contribution is 5.89. The molecule has 136 valence electrons. The molecule has 0 aliphatic carbocycles. The summed E-state index contributed by atoms with van der Waals surface area (Å²) in [6, 6.07) is 13.0. The number of para-hydroxylation sites is 1. The summed E-state index contributed by atoms with van der Waals surface area (Å²) in [6.07, 6.45) is 0. The SMILES string of the molecule is COCOc1ccccc1-c1cc2cc(OC)c(OC)cc2c(=O)n1C. The zero-order valence-electron chi connectivity index (χ0n) is 15.2. The average Bonchev–Trinajstić information content (AvgIpc) is 2.68. The van der Waals surface area contributed by atoms with E-state index in [2.05, 4.69) is 0 Å². The molecule has 0 unspecified atom stereocenters. The van der Waals surface area contributed by atoms with Gasteiger partial charge in [-0.2, -0.15) is 0 Å². The Bertz CT molecular complexity index is 993. The van der Waals surface area contributed by atoms with Crippen LogP contribution in [0.15, 0.2) is 47.3 Å². The second-order valence-corrected chi connectivity index (χ2v) is 5.74. The fourth-order valence-electron chi connectivity index (χ4n) is 2.92. The molecule has 2 aromatic carbocycles. The maximum Gasteiger partial charge on any atom is 0.258 e. The van der Waals surface area contributed by atoms with E-state index >= 15 is 0 Å². The Morgan fingerprint density at radius 2 is 1.62 bits per heavy atom. The van der Waals surface area contributed by atoms with Gasteiger partial charge in [-0.25, -0.2) is 0 Å². The molecule has 0 radical (unpaired) electrons. The maximum atomic E-state index is 12.9. The molecule has 0 aliphatic rings. The summed E-state index contributed by atoms with van der Waals surface area (Å²) in [6.45, 7) is 0.129. The standard InChI is InChI=1S/C20H21NO5/c1-21-16(14-7-5-6-8-17(14)26-12-23-2)9-13-10-18(24-3)19(25-4)11-15(13)20(21)22/h5-11H,12H2,1-4H3. The van der Waals surface area contributed by atoms with Gasteiger partial charge in [-0.15, -0.1) is 0 Å². The van der Waals surface area contributed by atoms with E-state index in [1.54, 1.807) is 45.1 Å². The lowest BCUT2D eigenvalue weighted by Gasteiger charge is -2.16. The van der Waals surface area contributed by atoms with Crippen molar-refractivity contribution in [2.24, 2.45) is 7.05 Å². The van der Waals surface area contributed by atoms with Crippen LogP contribution in [0, 0.1) is 0 Å². The number of ether oxygens (including phenoxy) is 4. The van der Waals surface area contributed by atoms with Crippen molar-refractivity contribution >= 4 is 10.8 Å². The Kier molecular flexibility index (Phi) is 5.14. The first-order valence-corrected chi connectivity index (χ1v) is 8.07. The molecule has 6 heteroatoms. The van der Waals surface area contributed by atoms with E-state index in [1.807, 2.05) is 30.3 Å². The number of benzene rings is 2. The van der Waals surface area contributed by atoms with Crippen LogP contribution in [0.1, 0.15) is 0 Å². The molecule has 0 aliphatic heterocycles. The van der Waals surface area contributed by atoms with Gasteiger partial charge in [0, 0.05) is 19.7 Å². The van der Waals surface area contributed by atoms with Gasteiger partial charge in [0.2, 0.25) is 0 Å². The second-order valence-electron chi connectivity index (χ2n) is 5.74. The molecule has 0 N–H and O–H groups in total. The first kappa shape index (κ1) is 17.8. The summed E-state index contributed by atoms with van der Waals surface area (Å²) in [4.78, 5) is 12.9. The molecule has 1 heterocycles. The van der Waals surface area contributed by atoms with Crippen molar-refractivity contribution in [3.8, 4) is 28.5 Å². The fraction of sp³-hybridized carbons (Fsp3) is 0.250. The molecule has 0 atom stereocenters. The van der Waals surface area contributed by atoms with E-state index in [0.29, 0.717) is 22.6 Å². The number of nitrogens with zero attached hydrogens (tertiary/aromatic N) is 1. The largest absolute Gasteiger partial charge is 0.493 e. The molecule has 26 heavy (non-hydrogen) atoms. The average molecular weight is 355 g/mol. The van der Waals surface area contributed by atoms with E-state index in [9.17, 15) is 4.79 Å². The molecule has 1 aromatic heterocycles. The third-order valence-electron chi connectivity index (χ3n) is 4.24. The van der Waals surface area contributed by atoms with Crippen molar-refractivity contribution in [3.05, 3.63) is 52.8 Å². The number of hydrogen-bond acceptors (Lipinski definition) is 5. The summed E-state index contributed by atoms with van der Waals surface area (Å²) < 4.78 is 22.9. The van der Waals surface area contributed by atoms with Crippen molar-refractivity contribution in [3.63, 3.8) is 0 Å². The van der Waals surface area contributed by atoms with E-state index in [0.717, 1.165) is 16.6 Å². The number of pyridine rings is 1. The number of rotatable bonds is 6. The normalized spacial score (nSPS) is 10.8. The van der Waals surface area contributed by atoms with Gasteiger partial charge < -0.3 is 23.5 Å². The summed E-state index contributed by atoms with van der Waals surface area (Å²) >= 11 is 0. The van der Waals surface area contributed by atoms with Crippen LogP contribution in [0.25, 0.3) is 22.0 Å². The zero-order valence-corrected chi connectivity index (χ0v) is 15.2. The molecule has 3 rings (SSSR count). The number of fused-ring (bicyclic) bond motifs is 1. The summed E-state index contributed by atoms with van der Waals surface area (Å²) in [5.41, 5.74) is 1.42. The van der Waals surface area contributed by atoms with Crippen molar-refractivity contribution in [2.75, 3.05) is 28.1 Å². The molecular weight excluding hydrogens is 334 g/mol. The Labute approximate surface area is 151 Å². The van der Waals surface area contributed by atoms with E-state index < -0.39 is 0 Å². The quantitative estimate of drug-likeness (QED) is 0.636. The van der Waals surface area contributed by atoms with Gasteiger partial charge in [-0.3, -0.25) is 4.79 Å². The minimum Gasteiger partial charge on any atom is -0.493 e. The Hall–Kier alpha value is -2.99. The highest BCUT2D eigenvalue weighted by Crippen LogP contribution is 2.34.